The monoisotopic (exact) mass is 348 g/mol. The van der Waals surface area contributed by atoms with Crippen LogP contribution in [0.2, 0.25) is 0 Å². The molecule has 2 aliphatic rings. The van der Waals surface area contributed by atoms with Crippen molar-refractivity contribution in [2.24, 2.45) is 0 Å². The van der Waals surface area contributed by atoms with Gasteiger partial charge in [0.25, 0.3) is 0 Å². The van der Waals surface area contributed by atoms with E-state index in [4.69, 9.17) is 9.47 Å². The van der Waals surface area contributed by atoms with Crippen molar-refractivity contribution in [1.82, 2.24) is 10.2 Å². The second-order valence-electron chi connectivity index (χ2n) is 7.00. The van der Waals surface area contributed by atoms with E-state index in [1.807, 2.05) is 24.1 Å². The fraction of sp³-hybridized carbons (Fsp3) is 0.632. The van der Waals surface area contributed by atoms with E-state index in [0.29, 0.717) is 13.2 Å². The van der Waals surface area contributed by atoms with Crippen LogP contribution in [-0.2, 0) is 20.7 Å². The van der Waals surface area contributed by atoms with Crippen molar-refractivity contribution in [2.75, 3.05) is 33.9 Å². The molecule has 0 unspecified atom stereocenters. The van der Waals surface area contributed by atoms with E-state index in [-0.39, 0.29) is 30.6 Å². The molecular formula is C19H28N2O4. The quantitative estimate of drug-likeness (QED) is 0.827. The summed E-state index contributed by atoms with van der Waals surface area (Å²) >= 11 is 0. The van der Waals surface area contributed by atoms with Crippen LogP contribution in [0.4, 0.5) is 0 Å². The predicted molar refractivity (Wildman–Crippen MR) is 94.3 cm³/mol. The van der Waals surface area contributed by atoms with Crippen LogP contribution in [0.15, 0.2) is 24.3 Å². The highest BCUT2D eigenvalue weighted by Gasteiger charge is 2.36. The lowest BCUT2D eigenvalue weighted by molar-refractivity contribution is -0.145. The zero-order valence-corrected chi connectivity index (χ0v) is 15.0. The molecule has 138 valence electrons. The number of likely N-dealkylation sites (N-methyl/N-ethyl adjacent to an activating group) is 1. The highest BCUT2D eigenvalue weighted by Crippen LogP contribution is 2.29. The molecule has 6 nitrogen and oxygen atoms in total. The van der Waals surface area contributed by atoms with Gasteiger partial charge in [-0.15, -0.1) is 0 Å². The van der Waals surface area contributed by atoms with E-state index in [2.05, 4.69) is 17.4 Å². The number of hydrogen-bond donors (Lipinski definition) is 2. The molecule has 25 heavy (non-hydrogen) atoms. The maximum atomic E-state index is 12.5. The van der Waals surface area contributed by atoms with Gasteiger partial charge in [0.05, 0.1) is 31.8 Å². The Balaban J connectivity index is 1.58. The molecule has 0 radical (unpaired) electrons. The number of benzene rings is 1. The van der Waals surface area contributed by atoms with Crippen LogP contribution in [0.3, 0.4) is 0 Å². The number of nitrogens with one attached hydrogen (secondary N) is 1. The molecule has 0 aromatic heterocycles. The summed E-state index contributed by atoms with van der Waals surface area (Å²) in [5.41, 5.74) is 2.55. The van der Waals surface area contributed by atoms with E-state index in [0.717, 1.165) is 19.3 Å². The van der Waals surface area contributed by atoms with E-state index in [9.17, 15) is 9.90 Å². The average Bonchev–Trinajstić information content (AvgIpc) is 2.62. The first-order valence-electron chi connectivity index (χ1n) is 8.96. The van der Waals surface area contributed by atoms with Gasteiger partial charge in [-0.05, 0) is 37.4 Å². The van der Waals surface area contributed by atoms with Gasteiger partial charge in [0, 0.05) is 7.11 Å². The van der Waals surface area contributed by atoms with Gasteiger partial charge in [0.2, 0.25) is 5.91 Å². The second-order valence-corrected chi connectivity index (χ2v) is 7.00. The summed E-state index contributed by atoms with van der Waals surface area (Å²) in [4.78, 5) is 14.4. The second kappa shape index (κ2) is 8.27. The number of aryl methyl sites for hydroxylation is 1. The first-order valence-corrected chi connectivity index (χ1v) is 8.96. The molecule has 0 spiro atoms. The maximum Gasteiger partial charge on any atom is 0.234 e. The lowest BCUT2D eigenvalue weighted by atomic mass is 9.88. The van der Waals surface area contributed by atoms with Crippen molar-refractivity contribution in [3.05, 3.63) is 35.4 Å². The Morgan fingerprint density at radius 3 is 3.00 bits per heavy atom. The molecule has 1 aliphatic heterocycles. The Kier molecular flexibility index (Phi) is 6.06. The smallest absolute Gasteiger partial charge is 0.234 e. The van der Waals surface area contributed by atoms with Crippen molar-refractivity contribution < 1.29 is 19.4 Å². The first kappa shape index (κ1) is 18.3. The van der Waals surface area contributed by atoms with Gasteiger partial charge >= 0.3 is 0 Å². The summed E-state index contributed by atoms with van der Waals surface area (Å²) < 4.78 is 10.7. The van der Waals surface area contributed by atoms with Crippen LogP contribution in [0.25, 0.3) is 0 Å². The van der Waals surface area contributed by atoms with Gasteiger partial charge in [-0.1, -0.05) is 24.3 Å². The molecule has 1 amide bonds. The van der Waals surface area contributed by atoms with Crippen molar-refractivity contribution in [2.45, 2.75) is 43.6 Å². The van der Waals surface area contributed by atoms with Gasteiger partial charge in [-0.3, -0.25) is 9.69 Å². The number of carbonyl (C=O) groups excluding carboxylic acids is 1. The summed E-state index contributed by atoms with van der Waals surface area (Å²) in [6, 6.07) is 8.14. The third-order valence-electron chi connectivity index (χ3n) is 5.31. The Morgan fingerprint density at radius 1 is 1.40 bits per heavy atom. The summed E-state index contributed by atoms with van der Waals surface area (Å²) in [6.45, 7) is 1.00. The summed E-state index contributed by atoms with van der Waals surface area (Å²) in [6.07, 6.45) is 2.11. The van der Waals surface area contributed by atoms with E-state index in [1.165, 1.54) is 11.1 Å². The van der Waals surface area contributed by atoms with Crippen molar-refractivity contribution in [3.8, 4) is 0 Å². The van der Waals surface area contributed by atoms with Crippen LogP contribution in [0.1, 0.15) is 30.0 Å². The third-order valence-corrected chi connectivity index (χ3v) is 5.31. The Bertz CT molecular complexity index is 595. The van der Waals surface area contributed by atoms with E-state index >= 15 is 0 Å². The molecule has 1 aromatic carbocycles. The van der Waals surface area contributed by atoms with Crippen LogP contribution in [0.5, 0.6) is 0 Å². The fourth-order valence-electron chi connectivity index (χ4n) is 3.83. The van der Waals surface area contributed by atoms with Crippen molar-refractivity contribution >= 4 is 5.91 Å². The zero-order chi connectivity index (χ0) is 17.8. The fourth-order valence-corrected chi connectivity index (χ4v) is 3.83. The number of ether oxygens (including phenoxy) is 2. The van der Waals surface area contributed by atoms with Gasteiger partial charge in [-0.25, -0.2) is 0 Å². The molecule has 4 atom stereocenters. The minimum Gasteiger partial charge on any atom is -0.389 e. The number of hydrogen-bond acceptors (Lipinski definition) is 5. The number of amides is 1. The molecular weight excluding hydrogens is 320 g/mol. The van der Waals surface area contributed by atoms with Crippen molar-refractivity contribution in [3.63, 3.8) is 0 Å². The van der Waals surface area contributed by atoms with E-state index < -0.39 is 6.10 Å². The van der Waals surface area contributed by atoms with Gasteiger partial charge < -0.3 is 19.9 Å². The van der Waals surface area contributed by atoms with Crippen molar-refractivity contribution in [1.29, 1.82) is 0 Å². The Morgan fingerprint density at radius 2 is 2.20 bits per heavy atom. The molecule has 0 bridgehead atoms. The first-order chi connectivity index (χ1) is 12.1. The Hall–Kier alpha value is -1.47. The van der Waals surface area contributed by atoms with Crippen LogP contribution in [-0.4, -0.2) is 68.1 Å². The molecule has 1 aromatic rings. The largest absolute Gasteiger partial charge is 0.389 e. The minimum atomic E-state index is -0.660. The molecule has 1 aliphatic carbocycles. The number of carbonyl (C=O) groups is 1. The zero-order valence-electron chi connectivity index (χ0n) is 15.0. The molecule has 6 heteroatoms. The lowest BCUT2D eigenvalue weighted by Crippen LogP contribution is -2.57. The standard InChI is InChI=1S/C19H28N2O4/c1-21(16-11-25-12-17(24-2)19(16)23)10-18(22)20-15-9-5-7-13-6-3-4-8-14(13)15/h3-4,6,8,15-17,19,23H,5,7,9-12H2,1-2H3,(H,20,22)/t15-,16-,17-,19+/m1/s1. The number of methoxy groups -OCH3 is 1. The summed E-state index contributed by atoms with van der Waals surface area (Å²) in [5.74, 6) is -0.0315. The Labute approximate surface area is 149 Å². The van der Waals surface area contributed by atoms with Crippen LogP contribution >= 0.6 is 0 Å². The topological polar surface area (TPSA) is 71.0 Å². The molecule has 0 saturated carbocycles. The minimum absolute atomic E-state index is 0.0315. The number of nitrogens with zero attached hydrogens (tertiary/aromatic N) is 1. The number of aliphatic hydroxyl groups is 1. The van der Waals surface area contributed by atoms with E-state index in [1.54, 1.807) is 7.11 Å². The summed E-state index contributed by atoms with van der Waals surface area (Å²) in [7, 11) is 3.40. The molecule has 3 rings (SSSR count). The molecule has 2 N–H and O–H groups in total. The van der Waals surface area contributed by atoms with Crippen LogP contribution < -0.4 is 5.32 Å². The SMILES string of the molecule is CO[C@@H]1COC[C@@H](N(C)CC(=O)N[C@@H]2CCCc3ccccc32)[C@@H]1O. The maximum absolute atomic E-state index is 12.5. The number of rotatable bonds is 5. The van der Waals surface area contributed by atoms with Crippen LogP contribution in [0, 0.1) is 0 Å². The third kappa shape index (κ3) is 4.20. The molecule has 1 fully saturated rings. The van der Waals surface area contributed by atoms with Gasteiger partial charge in [0.1, 0.15) is 12.2 Å². The number of fused-ring (bicyclic) bond motifs is 1. The summed E-state index contributed by atoms with van der Waals surface area (Å²) in [5, 5.41) is 13.5. The average molecular weight is 348 g/mol. The normalized spacial score (nSPS) is 29.3. The molecule has 1 saturated heterocycles. The highest BCUT2D eigenvalue weighted by atomic mass is 16.5. The molecule has 1 heterocycles. The van der Waals surface area contributed by atoms with Gasteiger partial charge in [-0.2, -0.15) is 0 Å². The highest BCUT2D eigenvalue weighted by molar-refractivity contribution is 5.78. The lowest BCUT2D eigenvalue weighted by Gasteiger charge is -2.38. The number of aliphatic hydroxyl groups excluding tert-OH is 1. The predicted octanol–water partition coefficient (Wildman–Crippen LogP) is 0.887. The van der Waals surface area contributed by atoms with Gasteiger partial charge in [0.15, 0.2) is 0 Å².